The summed E-state index contributed by atoms with van der Waals surface area (Å²) in [5.41, 5.74) is 6.35. The van der Waals surface area contributed by atoms with E-state index in [1.807, 2.05) is 36.5 Å². The lowest BCUT2D eigenvalue weighted by molar-refractivity contribution is 1.27. The summed E-state index contributed by atoms with van der Waals surface area (Å²) >= 11 is 1.66. The van der Waals surface area contributed by atoms with E-state index in [4.69, 9.17) is 4.98 Å². The summed E-state index contributed by atoms with van der Waals surface area (Å²) in [5, 5.41) is 1.98. The zero-order valence-electron chi connectivity index (χ0n) is 17.1. The fraction of sp³-hybridized carbons (Fsp3) is 0.0370. The van der Waals surface area contributed by atoms with Gasteiger partial charge in [0, 0.05) is 23.1 Å². The molecule has 3 nitrogen and oxygen atoms in total. The second-order valence-electron chi connectivity index (χ2n) is 7.26. The summed E-state index contributed by atoms with van der Waals surface area (Å²) in [7, 11) is 0. The molecule has 0 spiro atoms. The minimum atomic E-state index is 0.883. The van der Waals surface area contributed by atoms with E-state index >= 15 is 0 Å². The van der Waals surface area contributed by atoms with E-state index in [0.29, 0.717) is 0 Å². The molecule has 2 aromatic heterocycles. The van der Waals surface area contributed by atoms with Crippen molar-refractivity contribution >= 4 is 27.7 Å². The molecule has 0 aliphatic heterocycles. The zero-order valence-corrected chi connectivity index (χ0v) is 18.0. The second-order valence-corrected chi connectivity index (χ2v) is 8.24. The van der Waals surface area contributed by atoms with Crippen LogP contribution >= 0.6 is 11.3 Å². The van der Waals surface area contributed by atoms with Crippen LogP contribution in [0.3, 0.4) is 0 Å². The van der Waals surface area contributed by atoms with Gasteiger partial charge in [-0.1, -0.05) is 83.6 Å². The van der Waals surface area contributed by atoms with Crippen molar-refractivity contribution in [2.75, 3.05) is 4.90 Å². The van der Waals surface area contributed by atoms with E-state index in [1.165, 1.54) is 5.56 Å². The molecule has 0 unspecified atom stereocenters. The highest BCUT2D eigenvalue weighted by molar-refractivity contribution is 7.19. The van der Waals surface area contributed by atoms with Crippen molar-refractivity contribution in [1.82, 2.24) is 9.97 Å². The molecule has 0 saturated heterocycles. The van der Waals surface area contributed by atoms with Crippen LogP contribution in [0.4, 0.5) is 16.4 Å². The van der Waals surface area contributed by atoms with Crippen LogP contribution in [0.15, 0.2) is 109 Å². The summed E-state index contributed by atoms with van der Waals surface area (Å²) in [4.78, 5) is 11.9. The van der Waals surface area contributed by atoms with E-state index in [-0.39, 0.29) is 0 Å². The SMILES string of the molecule is Cc1ccc(-c2nc(-c3ccccn3)sc2N(c2ccccc2)c2ccccc2)cc1. The van der Waals surface area contributed by atoms with E-state index in [1.54, 1.807) is 11.3 Å². The molecule has 5 aromatic rings. The molecule has 0 radical (unpaired) electrons. The van der Waals surface area contributed by atoms with E-state index in [0.717, 1.165) is 38.3 Å². The standard InChI is InChI=1S/C27H21N3S/c1-20-15-17-21(18-16-20)25-27(31-26(29-25)24-14-8-9-19-28-24)30(22-10-4-2-5-11-22)23-12-6-3-7-13-23/h2-19H,1H3. The van der Waals surface area contributed by atoms with Crippen molar-refractivity contribution in [1.29, 1.82) is 0 Å². The van der Waals surface area contributed by atoms with Crippen LogP contribution in [0.25, 0.3) is 22.0 Å². The number of rotatable bonds is 5. The minimum Gasteiger partial charge on any atom is -0.300 e. The van der Waals surface area contributed by atoms with E-state index < -0.39 is 0 Å². The first-order valence-corrected chi connectivity index (χ1v) is 11.0. The minimum absolute atomic E-state index is 0.883. The fourth-order valence-electron chi connectivity index (χ4n) is 3.50. The summed E-state index contributed by atoms with van der Waals surface area (Å²) in [6, 6.07) is 35.4. The quantitative estimate of drug-likeness (QED) is 0.293. The molecular formula is C27H21N3S. The van der Waals surface area contributed by atoms with E-state index in [9.17, 15) is 0 Å². The van der Waals surface area contributed by atoms with Crippen LogP contribution in [-0.4, -0.2) is 9.97 Å². The number of pyridine rings is 1. The molecule has 4 heteroatoms. The predicted octanol–water partition coefficient (Wildman–Crippen LogP) is 7.65. The lowest BCUT2D eigenvalue weighted by atomic mass is 10.1. The molecule has 31 heavy (non-hydrogen) atoms. The summed E-state index contributed by atoms with van der Waals surface area (Å²) < 4.78 is 0. The number of benzene rings is 3. The maximum Gasteiger partial charge on any atom is 0.144 e. The Morgan fingerprint density at radius 2 is 1.29 bits per heavy atom. The molecule has 0 bridgehead atoms. The number of aryl methyl sites for hydroxylation is 1. The summed E-state index contributed by atoms with van der Waals surface area (Å²) in [6.45, 7) is 2.10. The first-order chi connectivity index (χ1) is 15.3. The van der Waals surface area contributed by atoms with Gasteiger partial charge in [-0.05, 0) is 43.3 Å². The average molecular weight is 420 g/mol. The molecule has 0 amide bonds. The van der Waals surface area contributed by atoms with Gasteiger partial charge in [-0.25, -0.2) is 4.98 Å². The van der Waals surface area contributed by atoms with Crippen LogP contribution < -0.4 is 4.90 Å². The highest BCUT2D eigenvalue weighted by Crippen LogP contribution is 2.46. The third-order valence-electron chi connectivity index (χ3n) is 5.05. The molecule has 3 aromatic carbocycles. The molecule has 0 fully saturated rings. The number of thiazole rings is 1. The Balaban J connectivity index is 1.75. The van der Waals surface area contributed by atoms with Gasteiger partial charge in [0.1, 0.15) is 15.7 Å². The number of aromatic nitrogens is 2. The second kappa shape index (κ2) is 8.54. The smallest absolute Gasteiger partial charge is 0.144 e. The summed E-state index contributed by atoms with van der Waals surface area (Å²) in [5.74, 6) is 0. The monoisotopic (exact) mass is 419 g/mol. The van der Waals surface area contributed by atoms with Gasteiger partial charge in [0.15, 0.2) is 0 Å². The zero-order chi connectivity index (χ0) is 21.0. The van der Waals surface area contributed by atoms with Crippen molar-refractivity contribution in [2.45, 2.75) is 6.92 Å². The van der Waals surface area contributed by atoms with Gasteiger partial charge in [-0.2, -0.15) is 0 Å². The molecule has 5 rings (SSSR count). The highest BCUT2D eigenvalue weighted by Gasteiger charge is 2.22. The maximum atomic E-state index is 5.07. The molecule has 0 saturated carbocycles. The third-order valence-corrected chi connectivity index (χ3v) is 6.11. The van der Waals surface area contributed by atoms with E-state index in [2.05, 4.69) is 89.6 Å². The van der Waals surface area contributed by atoms with Crippen LogP contribution in [0.5, 0.6) is 0 Å². The van der Waals surface area contributed by atoms with Crippen molar-refractivity contribution in [3.8, 4) is 22.0 Å². The van der Waals surface area contributed by atoms with Crippen molar-refractivity contribution in [3.05, 3.63) is 115 Å². The highest BCUT2D eigenvalue weighted by atomic mass is 32.1. The van der Waals surface area contributed by atoms with Crippen molar-refractivity contribution < 1.29 is 0 Å². The van der Waals surface area contributed by atoms with Gasteiger partial charge < -0.3 is 4.90 Å². The van der Waals surface area contributed by atoms with Gasteiger partial charge >= 0.3 is 0 Å². The van der Waals surface area contributed by atoms with Gasteiger partial charge in [-0.15, -0.1) is 0 Å². The first-order valence-electron chi connectivity index (χ1n) is 10.2. The van der Waals surface area contributed by atoms with Crippen molar-refractivity contribution in [3.63, 3.8) is 0 Å². The third kappa shape index (κ3) is 3.98. The normalized spacial score (nSPS) is 10.7. The topological polar surface area (TPSA) is 29.0 Å². The van der Waals surface area contributed by atoms with Gasteiger partial charge in [0.2, 0.25) is 0 Å². The Morgan fingerprint density at radius 1 is 0.677 bits per heavy atom. The molecular weight excluding hydrogens is 398 g/mol. The number of nitrogens with zero attached hydrogens (tertiary/aromatic N) is 3. The molecule has 0 aliphatic carbocycles. The summed E-state index contributed by atoms with van der Waals surface area (Å²) in [6.07, 6.45) is 1.81. The maximum absolute atomic E-state index is 5.07. The Kier molecular flexibility index (Phi) is 5.29. The number of hydrogen-bond acceptors (Lipinski definition) is 4. The van der Waals surface area contributed by atoms with Crippen LogP contribution in [0.1, 0.15) is 5.56 Å². The Bertz CT molecular complexity index is 1230. The van der Waals surface area contributed by atoms with Gasteiger partial charge in [-0.3, -0.25) is 4.98 Å². The predicted molar refractivity (Wildman–Crippen MR) is 130 cm³/mol. The Hall–Kier alpha value is -3.76. The fourth-order valence-corrected chi connectivity index (χ4v) is 4.61. The number of hydrogen-bond donors (Lipinski definition) is 0. The van der Waals surface area contributed by atoms with Crippen molar-refractivity contribution in [2.24, 2.45) is 0 Å². The largest absolute Gasteiger partial charge is 0.300 e. The molecule has 0 atom stereocenters. The molecule has 0 N–H and O–H groups in total. The van der Waals surface area contributed by atoms with Crippen LogP contribution in [-0.2, 0) is 0 Å². The number of anilines is 3. The molecule has 150 valence electrons. The Labute approximate surface area is 186 Å². The first kappa shape index (κ1) is 19.2. The molecule has 0 aliphatic rings. The van der Waals surface area contributed by atoms with Crippen LogP contribution in [0, 0.1) is 6.92 Å². The van der Waals surface area contributed by atoms with Gasteiger partial charge in [0.25, 0.3) is 0 Å². The Morgan fingerprint density at radius 3 is 1.87 bits per heavy atom. The lowest BCUT2D eigenvalue weighted by Crippen LogP contribution is -2.09. The molecule has 2 heterocycles. The number of para-hydroxylation sites is 2. The lowest BCUT2D eigenvalue weighted by Gasteiger charge is -2.24. The van der Waals surface area contributed by atoms with Gasteiger partial charge in [0.05, 0.1) is 5.69 Å². The van der Waals surface area contributed by atoms with Crippen LogP contribution in [0.2, 0.25) is 0 Å². The average Bonchev–Trinajstić information content (AvgIpc) is 3.27.